The maximum atomic E-state index is 4.84. The zero-order valence-electron chi connectivity index (χ0n) is 16.7. The predicted octanol–water partition coefficient (Wildman–Crippen LogP) is 3.62. The quantitative estimate of drug-likeness (QED) is 0.434. The fraction of sp³-hybridized carbons (Fsp3) is 0.409. The molecule has 0 bridgehead atoms. The van der Waals surface area contributed by atoms with Crippen LogP contribution in [0.5, 0.6) is 0 Å². The molecule has 1 fully saturated rings. The minimum absolute atomic E-state index is 0.460. The highest BCUT2D eigenvalue weighted by atomic mass is 32.2. The second-order valence-electron chi connectivity index (χ2n) is 7.32. The maximum Gasteiger partial charge on any atom is 0.191 e. The number of para-hydroxylation sites is 1. The number of aromatic nitrogens is 1. The zero-order valence-corrected chi connectivity index (χ0v) is 17.5. The van der Waals surface area contributed by atoms with Crippen molar-refractivity contribution < 1.29 is 0 Å². The highest BCUT2D eigenvalue weighted by Gasteiger charge is 2.23. The number of allylic oxidation sites excluding steroid dienone is 1. The highest BCUT2D eigenvalue weighted by Crippen LogP contribution is 2.29. The van der Waals surface area contributed by atoms with Gasteiger partial charge in [-0.25, -0.2) is 4.98 Å². The van der Waals surface area contributed by atoms with Gasteiger partial charge in [0.15, 0.2) is 5.96 Å². The van der Waals surface area contributed by atoms with Crippen molar-refractivity contribution in [1.29, 1.82) is 0 Å². The van der Waals surface area contributed by atoms with Crippen molar-refractivity contribution in [3.05, 3.63) is 47.5 Å². The molecule has 0 saturated carbocycles. The van der Waals surface area contributed by atoms with Crippen molar-refractivity contribution in [2.45, 2.75) is 19.3 Å². The van der Waals surface area contributed by atoms with Crippen LogP contribution in [0.2, 0.25) is 0 Å². The number of rotatable bonds is 6. The Morgan fingerprint density at radius 3 is 2.93 bits per heavy atom. The number of nitrogens with zero attached hydrogens (tertiary/aromatic N) is 4. The van der Waals surface area contributed by atoms with Gasteiger partial charge in [0.1, 0.15) is 5.82 Å². The second-order valence-corrected chi connectivity index (χ2v) is 8.18. The second kappa shape index (κ2) is 9.78. The molecule has 2 aliphatic heterocycles. The number of anilines is 1. The van der Waals surface area contributed by atoms with Crippen LogP contribution in [-0.2, 0) is 0 Å². The third-order valence-electron chi connectivity index (χ3n) is 5.43. The van der Waals surface area contributed by atoms with Gasteiger partial charge in [-0.05, 0) is 49.6 Å². The van der Waals surface area contributed by atoms with E-state index in [9.17, 15) is 0 Å². The third kappa shape index (κ3) is 5.09. The van der Waals surface area contributed by atoms with E-state index in [1.807, 2.05) is 6.07 Å². The minimum atomic E-state index is 0.460. The normalized spacial score (nSPS) is 18.3. The first kappa shape index (κ1) is 19.8. The molecule has 1 saturated heterocycles. The number of piperidine rings is 1. The topological polar surface area (TPSA) is 64.9 Å². The molecule has 0 unspecified atom stereocenters. The summed E-state index contributed by atoms with van der Waals surface area (Å²) in [6.07, 6.45) is 3.25. The van der Waals surface area contributed by atoms with Crippen LogP contribution in [0.1, 0.15) is 19.3 Å². The lowest BCUT2D eigenvalue weighted by Gasteiger charge is -2.33. The van der Waals surface area contributed by atoms with Gasteiger partial charge in [-0.2, -0.15) is 0 Å². The lowest BCUT2D eigenvalue weighted by Crippen LogP contribution is -2.40. The largest absolute Gasteiger partial charge is 0.357 e. The molecule has 1 aromatic heterocycles. The fourth-order valence-electron chi connectivity index (χ4n) is 3.79. The molecule has 0 radical (unpaired) electrons. The van der Waals surface area contributed by atoms with Crippen LogP contribution >= 0.6 is 11.8 Å². The molecule has 0 aliphatic carbocycles. The summed E-state index contributed by atoms with van der Waals surface area (Å²) < 4.78 is 0. The SMILES string of the molecule is C=N/C(=C\SCNC1=NCCCN1)C1CCN(c2ccc3ccccc3n2)CC1. The summed E-state index contributed by atoms with van der Waals surface area (Å²) in [7, 11) is 0. The van der Waals surface area contributed by atoms with Crippen LogP contribution in [-0.4, -0.2) is 49.7 Å². The van der Waals surface area contributed by atoms with Gasteiger partial charge < -0.3 is 15.5 Å². The summed E-state index contributed by atoms with van der Waals surface area (Å²) in [6.45, 7) is 7.69. The highest BCUT2D eigenvalue weighted by molar-refractivity contribution is 8.02. The zero-order chi connectivity index (χ0) is 19.9. The number of thioether (sulfide) groups is 1. The van der Waals surface area contributed by atoms with Gasteiger partial charge in [0.05, 0.1) is 11.4 Å². The smallest absolute Gasteiger partial charge is 0.191 e. The first-order valence-electron chi connectivity index (χ1n) is 10.2. The third-order valence-corrected chi connectivity index (χ3v) is 6.15. The summed E-state index contributed by atoms with van der Waals surface area (Å²) in [5.74, 6) is 3.21. The molecule has 1 aromatic carbocycles. The lowest BCUT2D eigenvalue weighted by molar-refractivity contribution is 0.455. The maximum absolute atomic E-state index is 4.84. The first-order valence-corrected chi connectivity index (χ1v) is 11.3. The predicted molar refractivity (Wildman–Crippen MR) is 125 cm³/mol. The molecule has 0 atom stereocenters. The fourth-order valence-corrected chi connectivity index (χ4v) is 4.53. The van der Waals surface area contributed by atoms with E-state index < -0.39 is 0 Å². The first-order chi connectivity index (χ1) is 14.3. The number of guanidine groups is 1. The summed E-state index contributed by atoms with van der Waals surface area (Å²) >= 11 is 1.72. The van der Waals surface area contributed by atoms with Gasteiger partial charge in [-0.3, -0.25) is 9.98 Å². The Labute approximate surface area is 176 Å². The van der Waals surface area contributed by atoms with Gasteiger partial charge in [0, 0.05) is 43.2 Å². The van der Waals surface area contributed by atoms with E-state index in [0.717, 1.165) is 74.3 Å². The molecule has 0 spiro atoms. The molecule has 2 aliphatic rings. The number of aliphatic imine (C=N–C) groups is 2. The Bertz CT molecular complexity index is 901. The Hall–Kier alpha value is -2.54. The molecule has 7 heteroatoms. The van der Waals surface area contributed by atoms with Crippen molar-refractivity contribution in [1.82, 2.24) is 15.6 Å². The van der Waals surface area contributed by atoms with E-state index in [1.165, 1.54) is 5.39 Å². The van der Waals surface area contributed by atoms with E-state index in [-0.39, 0.29) is 0 Å². The summed E-state index contributed by atoms with van der Waals surface area (Å²) in [6, 6.07) is 12.6. The van der Waals surface area contributed by atoms with Gasteiger partial charge in [-0.1, -0.05) is 18.2 Å². The Kier molecular flexibility index (Phi) is 6.67. The van der Waals surface area contributed by atoms with Gasteiger partial charge >= 0.3 is 0 Å². The standard InChI is InChI=1S/C22H28N6S/c1-23-20(15-29-16-26-22-24-11-4-12-25-22)18-9-13-28(14-10-18)21-8-7-17-5-2-3-6-19(17)27-21/h2-3,5-8,15,18H,1,4,9-14,16H2,(H2,24,25,26)/b20-15-. The average Bonchev–Trinajstić information content (AvgIpc) is 2.80. The van der Waals surface area contributed by atoms with E-state index in [4.69, 9.17) is 4.98 Å². The van der Waals surface area contributed by atoms with E-state index >= 15 is 0 Å². The van der Waals surface area contributed by atoms with E-state index in [2.05, 4.69) is 68.0 Å². The Morgan fingerprint density at radius 2 is 2.14 bits per heavy atom. The van der Waals surface area contributed by atoms with Crippen molar-refractivity contribution in [3.63, 3.8) is 0 Å². The number of hydrogen-bond acceptors (Lipinski definition) is 7. The number of hydrogen-bond donors (Lipinski definition) is 2. The molecule has 2 aromatic rings. The number of nitrogens with one attached hydrogen (secondary N) is 2. The van der Waals surface area contributed by atoms with Crippen LogP contribution in [0.4, 0.5) is 5.82 Å². The molecule has 0 amide bonds. The van der Waals surface area contributed by atoms with Crippen LogP contribution in [0.25, 0.3) is 10.9 Å². The lowest BCUT2D eigenvalue weighted by atomic mass is 9.94. The Balaban J connectivity index is 1.29. The monoisotopic (exact) mass is 408 g/mol. The molecule has 2 N–H and O–H groups in total. The number of pyridine rings is 1. The number of fused-ring (bicyclic) bond motifs is 1. The molecule has 29 heavy (non-hydrogen) atoms. The van der Waals surface area contributed by atoms with Gasteiger partial charge in [-0.15, -0.1) is 11.8 Å². The van der Waals surface area contributed by atoms with E-state index in [1.54, 1.807) is 11.8 Å². The van der Waals surface area contributed by atoms with Crippen LogP contribution < -0.4 is 15.5 Å². The van der Waals surface area contributed by atoms with Crippen LogP contribution in [0.3, 0.4) is 0 Å². The summed E-state index contributed by atoms with van der Waals surface area (Å²) in [5.41, 5.74) is 2.16. The van der Waals surface area contributed by atoms with Crippen molar-refractivity contribution in [3.8, 4) is 0 Å². The number of benzene rings is 1. The van der Waals surface area contributed by atoms with Gasteiger partial charge in [0.25, 0.3) is 0 Å². The van der Waals surface area contributed by atoms with Crippen LogP contribution in [0.15, 0.2) is 57.5 Å². The van der Waals surface area contributed by atoms with E-state index in [0.29, 0.717) is 5.92 Å². The van der Waals surface area contributed by atoms with Gasteiger partial charge in [0.2, 0.25) is 0 Å². The Morgan fingerprint density at radius 1 is 1.28 bits per heavy atom. The minimum Gasteiger partial charge on any atom is -0.357 e. The molecular formula is C22H28N6S. The van der Waals surface area contributed by atoms with Crippen molar-refractivity contribution >= 4 is 41.2 Å². The molecule has 3 heterocycles. The average molecular weight is 409 g/mol. The summed E-state index contributed by atoms with van der Waals surface area (Å²) in [5, 5.41) is 9.94. The summed E-state index contributed by atoms with van der Waals surface area (Å²) in [4.78, 5) is 16.0. The van der Waals surface area contributed by atoms with Crippen molar-refractivity contribution in [2.24, 2.45) is 15.9 Å². The molecule has 6 nitrogen and oxygen atoms in total. The van der Waals surface area contributed by atoms with Crippen molar-refractivity contribution in [2.75, 3.05) is 37.0 Å². The van der Waals surface area contributed by atoms with Crippen LogP contribution in [0, 0.1) is 5.92 Å². The molecule has 4 rings (SSSR count). The molecular weight excluding hydrogens is 380 g/mol. The molecule has 152 valence electrons.